The van der Waals surface area contributed by atoms with E-state index in [9.17, 15) is 5.11 Å². The van der Waals surface area contributed by atoms with Gasteiger partial charge < -0.3 is 15.8 Å². The van der Waals surface area contributed by atoms with Gasteiger partial charge in [0.2, 0.25) is 0 Å². The number of hydrogen-bond donors (Lipinski definition) is 4. The molecular formula is C11H19N5O. The molecule has 1 aromatic heterocycles. The maximum absolute atomic E-state index is 9.65. The first kappa shape index (κ1) is 12.1. The summed E-state index contributed by atoms with van der Waals surface area (Å²) in [6.45, 7) is 3.91. The number of nitrogens with zero attached hydrogens (tertiary/aromatic N) is 2. The SMILES string of the molecule is CC(C)(O)CNc1cc(NN)nc(C2CC2)n1. The molecule has 0 unspecified atom stereocenters. The predicted octanol–water partition coefficient (Wildman–Crippen LogP) is 0.822. The summed E-state index contributed by atoms with van der Waals surface area (Å²) in [5.74, 6) is 7.94. The molecule has 2 rings (SSSR count). The largest absolute Gasteiger partial charge is 0.389 e. The molecule has 0 aliphatic heterocycles. The van der Waals surface area contributed by atoms with E-state index in [0.717, 1.165) is 18.7 Å². The second kappa shape index (κ2) is 4.46. The van der Waals surface area contributed by atoms with Crippen molar-refractivity contribution in [3.05, 3.63) is 11.9 Å². The van der Waals surface area contributed by atoms with Crippen LogP contribution in [-0.2, 0) is 0 Å². The van der Waals surface area contributed by atoms with Crippen LogP contribution < -0.4 is 16.6 Å². The molecule has 1 aromatic rings. The Balaban J connectivity index is 2.12. The summed E-state index contributed by atoms with van der Waals surface area (Å²) in [4.78, 5) is 8.73. The number of rotatable bonds is 5. The molecule has 17 heavy (non-hydrogen) atoms. The second-order valence-electron chi connectivity index (χ2n) is 5.08. The van der Waals surface area contributed by atoms with Crippen molar-refractivity contribution < 1.29 is 5.11 Å². The van der Waals surface area contributed by atoms with Gasteiger partial charge in [-0.3, -0.25) is 0 Å². The lowest BCUT2D eigenvalue weighted by Gasteiger charge is -2.18. The second-order valence-corrected chi connectivity index (χ2v) is 5.08. The van der Waals surface area contributed by atoms with E-state index in [1.807, 2.05) is 0 Å². The van der Waals surface area contributed by atoms with E-state index >= 15 is 0 Å². The number of nitrogen functional groups attached to an aromatic ring is 1. The molecule has 0 bridgehead atoms. The minimum Gasteiger partial charge on any atom is -0.389 e. The van der Waals surface area contributed by atoms with Gasteiger partial charge in [-0.15, -0.1) is 0 Å². The Hall–Kier alpha value is -1.40. The molecule has 94 valence electrons. The summed E-state index contributed by atoms with van der Waals surface area (Å²) in [5.41, 5.74) is 1.76. The quantitative estimate of drug-likeness (QED) is 0.447. The molecule has 0 radical (unpaired) electrons. The van der Waals surface area contributed by atoms with Gasteiger partial charge in [-0.1, -0.05) is 0 Å². The van der Waals surface area contributed by atoms with Crippen LogP contribution in [0.3, 0.4) is 0 Å². The molecule has 6 nitrogen and oxygen atoms in total. The number of nitrogens with one attached hydrogen (secondary N) is 2. The van der Waals surface area contributed by atoms with Gasteiger partial charge in [0.25, 0.3) is 0 Å². The van der Waals surface area contributed by atoms with Crippen LogP contribution in [-0.4, -0.2) is 27.2 Å². The predicted molar refractivity (Wildman–Crippen MR) is 66.6 cm³/mol. The van der Waals surface area contributed by atoms with Crippen LogP contribution >= 0.6 is 0 Å². The lowest BCUT2D eigenvalue weighted by atomic mass is 10.1. The van der Waals surface area contributed by atoms with Gasteiger partial charge in [-0.05, 0) is 26.7 Å². The molecule has 1 heterocycles. The van der Waals surface area contributed by atoms with Crippen LogP contribution in [0.25, 0.3) is 0 Å². The Morgan fingerprint density at radius 3 is 2.59 bits per heavy atom. The fraction of sp³-hybridized carbons (Fsp3) is 0.636. The van der Waals surface area contributed by atoms with Crippen molar-refractivity contribution in [3.8, 4) is 0 Å². The van der Waals surface area contributed by atoms with E-state index in [4.69, 9.17) is 5.84 Å². The van der Waals surface area contributed by atoms with E-state index < -0.39 is 5.60 Å². The lowest BCUT2D eigenvalue weighted by Crippen LogP contribution is -2.29. The van der Waals surface area contributed by atoms with Crippen LogP contribution in [0.2, 0.25) is 0 Å². The van der Waals surface area contributed by atoms with Crippen molar-refractivity contribution in [2.45, 2.75) is 38.2 Å². The topological polar surface area (TPSA) is 96.1 Å². The number of nitrogens with two attached hydrogens (primary N) is 1. The Kier molecular flexibility index (Phi) is 3.17. The number of anilines is 2. The summed E-state index contributed by atoms with van der Waals surface area (Å²) < 4.78 is 0. The van der Waals surface area contributed by atoms with Crippen LogP contribution in [0.15, 0.2) is 6.07 Å². The Morgan fingerprint density at radius 2 is 2.06 bits per heavy atom. The van der Waals surface area contributed by atoms with Gasteiger partial charge in [0, 0.05) is 18.5 Å². The van der Waals surface area contributed by atoms with Crippen molar-refractivity contribution in [1.29, 1.82) is 0 Å². The van der Waals surface area contributed by atoms with Gasteiger partial charge in [0.05, 0.1) is 5.60 Å². The van der Waals surface area contributed by atoms with Crippen molar-refractivity contribution in [2.24, 2.45) is 5.84 Å². The number of aliphatic hydroxyl groups is 1. The average Bonchev–Trinajstić information content (AvgIpc) is 3.08. The molecular weight excluding hydrogens is 218 g/mol. The first-order valence-corrected chi connectivity index (χ1v) is 5.80. The van der Waals surface area contributed by atoms with Crippen LogP contribution in [0.4, 0.5) is 11.6 Å². The van der Waals surface area contributed by atoms with Gasteiger partial charge >= 0.3 is 0 Å². The van der Waals surface area contributed by atoms with E-state index in [1.165, 1.54) is 0 Å². The smallest absolute Gasteiger partial charge is 0.145 e. The molecule has 1 fully saturated rings. The maximum Gasteiger partial charge on any atom is 0.145 e. The molecule has 6 heteroatoms. The van der Waals surface area contributed by atoms with Crippen molar-refractivity contribution in [1.82, 2.24) is 9.97 Å². The van der Waals surface area contributed by atoms with Crippen molar-refractivity contribution in [2.75, 3.05) is 17.3 Å². The number of hydrazine groups is 1. The average molecular weight is 237 g/mol. The fourth-order valence-corrected chi connectivity index (χ4v) is 1.46. The molecule has 5 N–H and O–H groups in total. The first-order chi connectivity index (χ1) is 7.98. The van der Waals surface area contributed by atoms with Gasteiger partial charge in [0.1, 0.15) is 17.5 Å². The van der Waals surface area contributed by atoms with Crippen molar-refractivity contribution in [3.63, 3.8) is 0 Å². The van der Waals surface area contributed by atoms with Gasteiger partial charge in [0.15, 0.2) is 0 Å². The first-order valence-electron chi connectivity index (χ1n) is 5.80. The number of hydrogen-bond acceptors (Lipinski definition) is 6. The van der Waals surface area contributed by atoms with Gasteiger partial charge in [-0.25, -0.2) is 15.8 Å². The molecule has 0 spiro atoms. The summed E-state index contributed by atoms with van der Waals surface area (Å²) in [5, 5.41) is 12.7. The van der Waals surface area contributed by atoms with Gasteiger partial charge in [-0.2, -0.15) is 0 Å². The third-order valence-corrected chi connectivity index (χ3v) is 2.54. The number of aromatic nitrogens is 2. The lowest BCUT2D eigenvalue weighted by molar-refractivity contribution is 0.0944. The van der Waals surface area contributed by atoms with E-state index in [-0.39, 0.29) is 0 Å². The van der Waals surface area contributed by atoms with Crippen molar-refractivity contribution >= 4 is 11.6 Å². The Labute approximate surface area is 101 Å². The van der Waals surface area contributed by atoms with Crippen LogP contribution in [0, 0.1) is 0 Å². The monoisotopic (exact) mass is 237 g/mol. The Bertz CT molecular complexity index is 397. The highest BCUT2D eigenvalue weighted by molar-refractivity contribution is 5.47. The Morgan fingerprint density at radius 1 is 1.41 bits per heavy atom. The fourth-order valence-electron chi connectivity index (χ4n) is 1.46. The normalized spacial score (nSPS) is 15.8. The molecule has 0 atom stereocenters. The van der Waals surface area contributed by atoms with Crippen LogP contribution in [0.1, 0.15) is 38.4 Å². The zero-order valence-corrected chi connectivity index (χ0v) is 10.2. The molecule has 0 saturated heterocycles. The van der Waals surface area contributed by atoms with Crippen LogP contribution in [0.5, 0.6) is 0 Å². The van der Waals surface area contributed by atoms with E-state index in [2.05, 4.69) is 20.7 Å². The maximum atomic E-state index is 9.65. The highest BCUT2D eigenvalue weighted by Gasteiger charge is 2.27. The summed E-state index contributed by atoms with van der Waals surface area (Å²) in [7, 11) is 0. The summed E-state index contributed by atoms with van der Waals surface area (Å²) in [6, 6.07) is 1.73. The third kappa shape index (κ3) is 3.54. The molecule has 1 aliphatic rings. The molecule has 0 aromatic carbocycles. The van der Waals surface area contributed by atoms with E-state index in [1.54, 1.807) is 19.9 Å². The minimum atomic E-state index is -0.777. The zero-order valence-electron chi connectivity index (χ0n) is 10.2. The zero-order chi connectivity index (χ0) is 12.5. The third-order valence-electron chi connectivity index (χ3n) is 2.54. The van der Waals surface area contributed by atoms with E-state index in [0.29, 0.717) is 24.1 Å². The highest BCUT2D eigenvalue weighted by atomic mass is 16.3. The molecule has 1 saturated carbocycles. The minimum absolute atomic E-state index is 0.429. The molecule has 1 aliphatic carbocycles. The molecule has 0 amide bonds. The standard InChI is InChI=1S/C11H19N5O/c1-11(2,17)6-13-8-5-9(16-12)15-10(14-8)7-3-4-7/h5,7,17H,3-4,6,12H2,1-2H3,(H2,13,14,15,16). The summed E-state index contributed by atoms with van der Waals surface area (Å²) in [6.07, 6.45) is 2.28. The summed E-state index contributed by atoms with van der Waals surface area (Å²) >= 11 is 0. The highest BCUT2D eigenvalue weighted by Crippen LogP contribution is 2.38.